The van der Waals surface area contributed by atoms with E-state index in [1.807, 2.05) is 6.92 Å². The summed E-state index contributed by atoms with van der Waals surface area (Å²) < 4.78 is 34.9. The molecule has 3 N–H and O–H groups in total. The van der Waals surface area contributed by atoms with E-state index in [2.05, 4.69) is 36.3 Å². The highest BCUT2D eigenvalue weighted by atomic mass is 32.1. The Morgan fingerprint density at radius 3 is 2.61 bits per heavy atom. The van der Waals surface area contributed by atoms with Gasteiger partial charge in [0.2, 0.25) is 0 Å². The molecular weight excluding hydrogens is 424 g/mol. The zero-order valence-electron chi connectivity index (χ0n) is 16.1. The molecule has 156 valence electrons. The smallest absolute Gasteiger partial charge is 0.316 e. The van der Waals surface area contributed by atoms with Gasteiger partial charge < -0.3 is 4.74 Å². The Balaban J connectivity index is 1.45. The van der Waals surface area contributed by atoms with Crippen molar-refractivity contribution in [3.05, 3.63) is 65.1 Å². The summed E-state index contributed by atoms with van der Waals surface area (Å²) in [5, 5.41) is 0.725. The number of thiazole rings is 1. The molecule has 0 atom stereocenters. The van der Waals surface area contributed by atoms with Crippen LogP contribution in [0.5, 0.6) is 6.01 Å². The van der Waals surface area contributed by atoms with Crippen molar-refractivity contribution < 1.29 is 13.5 Å². The maximum atomic E-state index is 14.9. The van der Waals surface area contributed by atoms with Crippen molar-refractivity contribution >= 4 is 22.7 Å². The summed E-state index contributed by atoms with van der Waals surface area (Å²) >= 11 is 1.41. The summed E-state index contributed by atoms with van der Waals surface area (Å²) in [6.07, 6.45) is 3.19. The summed E-state index contributed by atoms with van der Waals surface area (Å²) in [6.45, 7) is 2.07. The lowest BCUT2D eigenvalue weighted by Crippen LogP contribution is -2.19. The Morgan fingerprint density at radius 2 is 1.77 bits per heavy atom. The molecule has 0 unspecified atom stereocenters. The van der Waals surface area contributed by atoms with Crippen LogP contribution in [-0.2, 0) is 6.61 Å². The Morgan fingerprint density at radius 1 is 1.00 bits per heavy atom. The number of hydrogen-bond acceptors (Lipinski definition) is 9. The second-order valence-corrected chi connectivity index (χ2v) is 7.68. The number of aromatic nitrogens is 4. The Labute approximate surface area is 179 Å². The van der Waals surface area contributed by atoms with Crippen LogP contribution in [0.4, 0.5) is 20.2 Å². The predicted molar refractivity (Wildman–Crippen MR) is 112 cm³/mol. The number of fused-ring (bicyclic) bond motifs is 1. The number of benzene rings is 1. The summed E-state index contributed by atoms with van der Waals surface area (Å²) in [5.41, 5.74) is 9.38. The average molecular weight is 439 g/mol. The fourth-order valence-corrected chi connectivity index (χ4v) is 4.11. The van der Waals surface area contributed by atoms with Crippen LogP contribution < -0.4 is 21.1 Å². The van der Waals surface area contributed by atoms with Gasteiger partial charge in [-0.05, 0) is 31.2 Å². The van der Waals surface area contributed by atoms with Crippen molar-refractivity contribution in [1.29, 1.82) is 0 Å². The van der Waals surface area contributed by atoms with Crippen LogP contribution in [0.15, 0.2) is 42.7 Å². The third-order valence-electron chi connectivity index (χ3n) is 4.56. The first-order valence-electron chi connectivity index (χ1n) is 9.23. The molecule has 5 rings (SSSR count). The summed E-state index contributed by atoms with van der Waals surface area (Å²) in [7, 11) is 0. The first-order valence-corrected chi connectivity index (χ1v) is 10.0. The molecule has 0 bridgehead atoms. The highest BCUT2D eigenvalue weighted by Gasteiger charge is 2.24. The minimum absolute atomic E-state index is 0.0127. The monoisotopic (exact) mass is 439 g/mol. The molecule has 0 radical (unpaired) electrons. The van der Waals surface area contributed by atoms with Crippen LogP contribution in [-0.4, -0.2) is 19.9 Å². The van der Waals surface area contributed by atoms with Gasteiger partial charge in [-0.25, -0.2) is 28.7 Å². The summed E-state index contributed by atoms with van der Waals surface area (Å²) in [6, 6.07) is 8.29. The SMILES string of the molecule is Cc1nc(COc2ncccn2)sc1-c1cccc(-c2cc(F)c3c(c2F)NNN3)n1. The predicted octanol–water partition coefficient (Wildman–Crippen LogP) is 4.08. The molecule has 0 aliphatic carbocycles. The van der Waals surface area contributed by atoms with Crippen molar-refractivity contribution in [2.45, 2.75) is 13.5 Å². The number of anilines is 2. The molecule has 0 fully saturated rings. The molecule has 0 amide bonds. The van der Waals surface area contributed by atoms with Crippen molar-refractivity contribution in [2.75, 3.05) is 10.9 Å². The fraction of sp³-hybridized carbons (Fsp3) is 0.100. The number of halogens is 2. The molecule has 4 heterocycles. The van der Waals surface area contributed by atoms with Gasteiger partial charge in [0.1, 0.15) is 23.0 Å². The number of ether oxygens (including phenoxy) is 1. The number of hydrogen-bond donors (Lipinski definition) is 3. The van der Waals surface area contributed by atoms with E-state index in [0.29, 0.717) is 11.4 Å². The fourth-order valence-electron chi connectivity index (χ4n) is 3.16. The lowest BCUT2D eigenvalue weighted by atomic mass is 10.1. The second kappa shape index (κ2) is 7.85. The minimum Gasteiger partial charge on any atom is -0.456 e. The van der Waals surface area contributed by atoms with Gasteiger partial charge in [-0.15, -0.1) is 16.9 Å². The van der Waals surface area contributed by atoms with E-state index in [-0.39, 0.29) is 29.6 Å². The summed E-state index contributed by atoms with van der Waals surface area (Å²) in [4.78, 5) is 17.9. The van der Waals surface area contributed by atoms with Crippen LogP contribution in [0.25, 0.3) is 21.8 Å². The molecule has 1 aliphatic rings. The van der Waals surface area contributed by atoms with Crippen molar-refractivity contribution in [3.8, 4) is 27.8 Å². The first-order chi connectivity index (χ1) is 15.1. The maximum absolute atomic E-state index is 14.9. The lowest BCUT2D eigenvalue weighted by molar-refractivity contribution is 0.280. The lowest BCUT2D eigenvalue weighted by Gasteiger charge is -2.09. The second-order valence-electron chi connectivity index (χ2n) is 6.60. The highest BCUT2D eigenvalue weighted by Crippen LogP contribution is 2.37. The highest BCUT2D eigenvalue weighted by molar-refractivity contribution is 7.15. The maximum Gasteiger partial charge on any atom is 0.316 e. The molecule has 1 aromatic carbocycles. The number of aryl methyl sites for hydroxylation is 1. The van der Waals surface area contributed by atoms with Crippen LogP contribution in [0.2, 0.25) is 0 Å². The van der Waals surface area contributed by atoms with Gasteiger partial charge in [-0.1, -0.05) is 6.07 Å². The topological polar surface area (TPSA) is 96.9 Å². The largest absolute Gasteiger partial charge is 0.456 e. The molecular formula is C20H15F2N7OS. The van der Waals surface area contributed by atoms with Crippen molar-refractivity contribution in [1.82, 2.24) is 25.5 Å². The van der Waals surface area contributed by atoms with E-state index in [4.69, 9.17) is 4.74 Å². The Kier molecular flexibility index (Phi) is 4.88. The zero-order chi connectivity index (χ0) is 21.4. The number of nitrogens with one attached hydrogen (secondary N) is 3. The van der Waals surface area contributed by atoms with Gasteiger partial charge in [0, 0.05) is 18.0 Å². The molecule has 0 saturated heterocycles. The van der Waals surface area contributed by atoms with Gasteiger partial charge in [-0.3, -0.25) is 10.9 Å². The van der Waals surface area contributed by atoms with Gasteiger partial charge in [-0.2, -0.15) is 0 Å². The molecule has 0 spiro atoms. The first kappa shape index (κ1) is 19.3. The Hall–Kier alpha value is -3.70. The number of hydrazine groups is 2. The van der Waals surface area contributed by atoms with E-state index in [9.17, 15) is 8.78 Å². The average Bonchev–Trinajstić information content (AvgIpc) is 3.43. The molecule has 3 aromatic heterocycles. The van der Waals surface area contributed by atoms with Gasteiger partial charge in [0.15, 0.2) is 11.6 Å². The van der Waals surface area contributed by atoms with E-state index in [0.717, 1.165) is 21.6 Å². The zero-order valence-corrected chi connectivity index (χ0v) is 16.9. The molecule has 0 saturated carbocycles. The molecule has 1 aliphatic heterocycles. The Bertz CT molecular complexity index is 1270. The van der Waals surface area contributed by atoms with Crippen LogP contribution in [0, 0.1) is 18.6 Å². The number of rotatable bonds is 5. The van der Waals surface area contributed by atoms with Crippen LogP contribution in [0.1, 0.15) is 10.7 Å². The normalized spacial score (nSPS) is 12.2. The van der Waals surface area contributed by atoms with E-state index < -0.39 is 11.6 Å². The molecule has 11 heteroatoms. The third kappa shape index (κ3) is 3.64. The van der Waals surface area contributed by atoms with Crippen molar-refractivity contribution in [3.63, 3.8) is 0 Å². The van der Waals surface area contributed by atoms with Gasteiger partial charge >= 0.3 is 6.01 Å². The van der Waals surface area contributed by atoms with Crippen molar-refractivity contribution in [2.24, 2.45) is 0 Å². The van der Waals surface area contributed by atoms with Gasteiger partial charge in [0.25, 0.3) is 0 Å². The number of nitrogens with zero attached hydrogens (tertiary/aromatic N) is 4. The van der Waals surface area contributed by atoms with E-state index in [1.54, 1.807) is 36.7 Å². The van der Waals surface area contributed by atoms with E-state index >= 15 is 0 Å². The minimum atomic E-state index is -0.600. The van der Waals surface area contributed by atoms with Crippen LogP contribution >= 0.6 is 11.3 Å². The van der Waals surface area contributed by atoms with Gasteiger partial charge in [0.05, 0.1) is 22.0 Å². The van der Waals surface area contributed by atoms with Crippen LogP contribution in [0.3, 0.4) is 0 Å². The molecule has 31 heavy (non-hydrogen) atoms. The van der Waals surface area contributed by atoms with E-state index in [1.165, 1.54) is 11.3 Å². The third-order valence-corrected chi connectivity index (χ3v) is 5.71. The number of pyridine rings is 1. The quantitative estimate of drug-likeness (QED) is 0.428. The summed E-state index contributed by atoms with van der Waals surface area (Å²) in [5.74, 6) is -1.19. The molecule has 8 nitrogen and oxygen atoms in total. The standard InChI is InChI=1S/C20H15F2N7OS/c1-10-19(31-15(25-10)9-30-20-23-6-3-7-24-20)14-5-2-4-13(26-14)11-8-12(21)17-18(16(11)22)28-29-27-17/h2-8,27-29H,9H2,1H3. The molecule has 4 aromatic rings.